The minimum Gasteiger partial charge on any atom is -0.462 e. The quantitative estimate of drug-likeness (QED) is 0.0261. The predicted molar refractivity (Wildman–Crippen MR) is 307 cm³/mol. The van der Waals surface area contributed by atoms with Gasteiger partial charge in [0.1, 0.15) is 13.2 Å². The van der Waals surface area contributed by atoms with E-state index in [1.165, 1.54) is 141 Å². The summed E-state index contributed by atoms with van der Waals surface area (Å²) in [5, 5.41) is 0. The third-order valence-corrected chi connectivity index (χ3v) is 12.6. The number of unbranched alkanes of at least 4 members (excludes halogenated alkanes) is 26. The van der Waals surface area contributed by atoms with Crippen LogP contribution in [-0.4, -0.2) is 37.2 Å². The molecule has 6 heteroatoms. The van der Waals surface area contributed by atoms with Crippen molar-refractivity contribution in [3.63, 3.8) is 0 Å². The summed E-state index contributed by atoms with van der Waals surface area (Å²) in [6.07, 6.45) is 78.7. The number of hydrogen-bond donors (Lipinski definition) is 0. The fraction of sp³-hybridized carbons (Fsp3) is 0.708. The van der Waals surface area contributed by atoms with Gasteiger partial charge in [-0.05, 0) is 103 Å². The highest BCUT2D eigenvalue weighted by molar-refractivity contribution is 5.71. The van der Waals surface area contributed by atoms with Gasteiger partial charge in [-0.1, -0.05) is 253 Å². The van der Waals surface area contributed by atoms with Crippen LogP contribution < -0.4 is 0 Å². The molecule has 0 saturated heterocycles. The average molecular weight is 988 g/mol. The van der Waals surface area contributed by atoms with Gasteiger partial charge in [-0.15, -0.1) is 0 Å². The van der Waals surface area contributed by atoms with Crippen molar-refractivity contribution >= 4 is 17.9 Å². The van der Waals surface area contributed by atoms with Crippen molar-refractivity contribution in [2.75, 3.05) is 13.2 Å². The molecule has 0 heterocycles. The molecule has 0 aliphatic heterocycles. The average Bonchev–Trinajstić information content (AvgIpc) is 3.37. The highest BCUT2D eigenvalue weighted by Crippen LogP contribution is 2.15. The molecule has 0 aliphatic carbocycles. The summed E-state index contributed by atoms with van der Waals surface area (Å²) in [5.74, 6) is -1.00. The van der Waals surface area contributed by atoms with E-state index in [2.05, 4.69) is 106 Å². The fourth-order valence-electron chi connectivity index (χ4n) is 8.09. The fourth-order valence-corrected chi connectivity index (χ4v) is 8.09. The Balaban J connectivity index is 4.21. The van der Waals surface area contributed by atoms with Crippen LogP contribution in [0.4, 0.5) is 0 Å². The Morgan fingerprint density at radius 2 is 0.592 bits per heavy atom. The van der Waals surface area contributed by atoms with Gasteiger partial charge in [-0.3, -0.25) is 14.4 Å². The number of allylic oxidation sites excluding steroid dienone is 16. The molecule has 0 saturated carbocycles. The molecule has 0 amide bonds. The molecule has 1 unspecified atom stereocenters. The second kappa shape index (κ2) is 58.9. The molecular formula is C65H110O6. The first-order chi connectivity index (χ1) is 35.0. The van der Waals surface area contributed by atoms with Crippen molar-refractivity contribution in [3.05, 3.63) is 97.2 Å². The van der Waals surface area contributed by atoms with Crippen molar-refractivity contribution in [1.29, 1.82) is 0 Å². The van der Waals surface area contributed by atoms with Gasteiger partial charge >= 0.3 is 17.9 Å². The molecule has 0 N–H and O–H groups in total. The van der Waals surface area contributed by atoms with Crippen LogP contribution in [0, 0.1) is 0 Å². The highest BCUT2D eigenvalue weighted by atomic mass is 16.6. The van der Waals surface area contributed by atoms with E-state index >= 15 is 0 Å². The highest BCUT2D eigenvalue weighted by Gasteiger charge is 2.19. The summed E-state index contributed by atoms with van der Waals surface area (Å²) in [5.41, 5.74) is 0. The lowest BCUT2D eigenvalue weighted by Crippen LogP contribution is -2.30. The van der Waals surface area contributed by atoms with Crippen molar-refractivity contribution in [1.82, 2.24) is 0 Å². The molecule has 0 fully saturated rings. The van der Waals surface area contributed by atoms with Gasteiger partial charge in [0.05, 0.1) is 0 Å². The van der Waals surface area contributed by atoms with Crippen LogP contribution in [0.5, 0.6) is 0 Å². The Kier molecular flexibility index (Phi) is 55.9. The van der Waals surface area contributed by atoms with Crippen LogP contribution in [0.15, 0.2) is 97.2 Å². The third-order valence-electron chi connectivity index (χ3n) is 12.6. The van der Waals surface area contributed by atoms with Crippen molar-refractivity contribution in [2.45, 2.75) is 284 Å². The SMILES string of the molecule is CC/C=C\C/C=C\C/C=C\C/C=C\CCC(=O)OC(COC(=O)CCCCCCC/C=C\CCCC)COC(=O)CCCCCCCCCCCCCCCC/C=C\C/C=C\C/C=C\CCCCCCC. The van der Waals surface area contributed by atoms with Gasteiger partial charge < -0.3 is 14.2 Å². The number of ether oxygens (including phenoxy) is 3. The van der Waals surface area contributed by atoms with Gasteiger partial charge in [0, 0.05) is 19.3 Å². The van der Waals surface area contributed by atoms with E-state index in [1.807, 2.05) is 12.2 Å². The van der Waals surface area contributed by atoms with E-state index in [9.17, 15) is 14.4 Å². The third kappa shape index (κ3) is 57.1. The number of carbonyl (C=O) groups is 3. The summed E-state index contributed by atoms with van der Waals surface area (Å²) in [6.45, 7) is 6.41. The number of rotatable bonds is 53. The van der Waals surface area contributed by atoms with Crippen LogP contribution in [0.25, 0.3) is 0 Å². The lowest BCUT2D eigenvalue weighted by atomic mass is 10.0. The maximum absolute atomic E-state index is 12.8. The van der Waals surface area contributed by atoms with Crippen LogP contribution in [-0.2, 0) is 28.6 Å². The standard InChI is InChI=1S/C65H110O6/c1-4-7-10-13-16-19-22-24-25-26-27-28-29-30-31-32-33-34-35-36-37-38-39-41-43-46-49-52-55-58-64(67)70-61-62(60-69-63(66)57-54-51-48-45-42-21-18-15-12-9-6-3)71-65(68)59-56-53-50-47-44-40-23-20-17-14-11-8-5-2/h8,11,15,17-18,20,22,24,26-27,29-30,40,44,50,53,62H,4-7,9-10,12-14,16,19,21,23,25,28,31-39,41-43,45-49,51-52,54-61H2,1-3H3/b11-8-,18-15-,20-17-,24-22-,27-26-,30-29-,44-40-,53-50-. The van der Waals surface area contributed by atoms with Crippen molar-refractivity contribution in [3.8, 4) is 0 Å². The van der Waals surface area contributed by atoms with Crippen molar-refractivity contribution in [2.24, 2.45) is 0 Å². The molecule has 0 aromatic rings. The second-order valence-corrected chi connectivity index (χ2v) is 19.5. The molecule has 71 heavy (non-hydrogen) atoms. The Hall–Kier alpha value is -3.67. The van der Waals surface area contributed by atoms with E-state index in [0.717, 1.165) is 89.9 Å². The molecule has 0 aromatic heterocycles. The van der Waals surface area contributed by atoms with Crippen LogP contribution in [0.3, 0.4) is 0 Å². The Morgan fingerprint density at radius 3 is 0.972 bits per heavy atom. The summed E-state index contributed by atoms with van der Waals surface area (Å²) in [7, 11) is 0. The van der Waals surface area contributed by atoms with E-state index in [1.54, 1.807) is 0 Å². The molecule has 0 spiro atoms. The molecule has 0 rings (SSSR count). The van der Waals surface area contributed by atoms with E-state index < -0.39 is 12.1 Å². The minimum absolute atomic E-state index is 0.109. The second-order valence-electron chi connectivity index (χ2n) is 19.5. The zero-order valence-electron chi connectivity index (χ0n) is 46.5. The number of hydrogen-bond acceptors (Lipinski definition) is 6. The van der Waals surface area contributed by atoms with Gasteiger partial charge in [0.2, 0.25) is 0 Å². The molecule has 0 bridgehead atoms. The minimum atomic E-state index is -0.818. The van der Waals surface area contributed by atoms with Gasteiger partial charge in [0.25, 0.3) is 0 Å². The normalized spacial score (nSPS) is 12.8. The van der Waals surface area contributed by atoms with E-state index in [4.69, 9.17) is 14.2 Å². The summed E-state index contributed by atoms with van der Waals surface area (Å²) < 4.78 is 16.7. The largest absolute Gasteiger partial charge is 0.462 e. The predicted octanol–water partition coefficient (Wildman–Crippen LogP) is 20.1. The van der Waals surface area contributed by atoms with Gasteiger partial charge in [0.15, 0.2) is 6.10 Å². The lowest BCUT2D eigenvalue weighted by molar-refractivity contribution is -0.166. The molecule has 406 valence electrons. The van der Waals surface area contributed by atoms with Crippen LogP contribution in [0.2, 0.25) is 0 Å². The van der Waals surface area contributed by atoms with E-state index in [-0.39, 0.29) is 31.6 Å². The summed E-state index contributed by atoms with van der Waals surface area (Å²) >= 11 is 0. The van der Waals surface area contributed by atoms with Gasteiger partial charge in [-0.25, -0.2) is 0 Å². The maximum Gasteiger partial charge on any atom is 0.306 e. The monoisotopic (exact) mass is 987 g/mol. The lowest BCUT2D eigenvalue weighted by Gasteiger charge is -2.18. The molecule has 6 nitrogen and oxygen atoms in total. The first-order valence-corrected chi connectivity index (χ1v) is 29.7. The van der Waals surface area contributed by atoms with Crippen molar-refractivity contribution < 1.29 is 28.6 Å². The van der Waals surface area contributed by atoms with Crippen LogP contribution >= 0.6 is 0 Å². The van der Waals surface area contributed by atoms with E-state index in [0.29, 0.717) is 19.3 Å². The van der Waals surface area contributed by atoms with Gasteiger partial charge in [-0.2, -0.15) is 0 Å². The molecule has 0 aliphatic rings. The molecule has 0 aromatic carbocycles. The van der Waals surface area contributed by atoms with Crippen LogP contribution in [0.1, 0.15) is 278 Å². The Bertz CT molecular complexity index is 1410. The number of carbonyl (C=O) groups excluding carboxylic acids is 3. The first kappa shape index (κ1) is 67.3. The molecular weight excluding hydrogens is 877 g/mol. The topological polar surface area (TPSA) is 78.9 Å². The number of esters is 3. The molecule has 1 atom stereocenters. The smallest absolute Gasteiger partial charge is 0.306 e. The zero-order valence-corrected chi connectivity index (χ0v) is 46.5. The summed E-state index contributed by atoms with van der Waals surface area (Å²) in [6, 6.07) is 0. The zero-order chi connectivity index (χ0) is 51.4. The Morgan fingerprint density at radius 1 is 0.296 bits per heavy atom. The first-order valence-electron chi connectivity index (χ1n) is 29.7. The molecule has 0 radical (unpaired) electrons. The Labute approximate surface area is 438 Å². The maximum atomic E-state index is 12.8. The summed E-state index contributed by atoms with van der Waals surface area (Å²) in [4.78, 5) is 38.0.